The normalized spacial score (nSPS) is 17.0. The van der Waals surface area contributed by atoms with Gasteiger partial charge in [0, 0.05) is 33.6 Å². The molecule has 1 aliphatic rings. The minimum Gasteiger partial charge on any atom is -0.472 e. The largest absolute Gasteiger partial charge is 0.472 e. The van der Waals surface area contributed by atoms with E-state index in [0.29, 0.717) is 19.0 Å². The van der Waals surface area contributed by atoms with Crippen LogP contribution in [0.3, 0.4) is 0 Å². The molecule has 0 spiro atoms. The van der Waals surface area contributed by atoms with Crippen LogP contribution in [0.25, 0.3) is 10.9 Å². The Balaban J connectivity index is 1.43. The van der Waals surface area contributed by atoms with Crippen molar-refractivity contribution in [2.45, 2.75) is 12.5 Å². The molecular formula is C20H17IN2O2. The third-order valence-electron chi connectivity index (χ3n) is 4.38. The van der Waals surface area contributed by atoms with E-state index in [0.717, 1.165) is 26.5 Å². The summed E-state index contributed by atoms with van der Waals surface area (Å²) in [5.74, 6) is 0.682. The molecule has 1 amide bonds. The summed E-state index contributed by atoms with van der Waals surface area (Å²) in [5, 5.41) is 1.09. The standard InChI is InChI=1S/C20H17IN2O2/c21-16-8-5-15(6-9-16)20(24)23-12-11-17(13-23)25-19-10-7-14-3-1-2-4-18(14)22-19/h1-10,17H,11-13H2. The highest BCUT2D eigenvalue weighted by molar-refractivity contribution is 14.1. The Labute approximate surface area is 160 Å². The van der Waals surface area contributed by atoms with Gasteiger partial charge in [-0.25, -0.2) is 4.98 Å². The van der Waals surface area contributed by atoms with Gasteiger partial charge in [-0.3, -0.25) is 4.79 Å². The fourth-order valence-corrected chi connectivity index (χ4v) is 3.43. The van der Waals surface area contributed by atoms with E-state index in [9.17, 15) is 4.79 Å². The number of halogens is 1. The van der Waals surface area contributed by atoms with Gasteiger partial charge in [-0.1, -0.05) is 18.2 Å². The number of aromatic nitrogens is 1. The Morgan fingerprint density at radius 3 is 2.72 bits per heavy atom. The lowest BCUT2D eigenvalue weighted by Crippen LogP contribution is -2.31. The zero-order chi connectivity index (χ0) is 17.2. The fourth-order valence-electron chi connectivity index (χ4n) is 3.07. The molecule has 0 N–H and O–H groups in total. The second-order valence-corrected chi connectivity index (χ2v) is 7.37. The summed E-state index contributed by atoms with van der Waals surface area (Å²) in [5.41, 5.74) is 1.65. The zero-order valence-electron chi connectivity index (χ0n) is 13.6. The van der Waals surface area contributed by atoms with Crippen molar-refractivity contribution in [2.24, 2.45) is 0 Å². The molecule has 5 heteroatoms. The van der Waals surface area contributed by atoms with Crippen LogP contribution in [0.4, 0.5) is 0 Å². The van der Waals surface area contributed by atoms with Crippen molar-refractivity contribution in [3.63, 3.8) is 0 Å². The first-order valence-electron chi connectivity index (χ1n) is 8.26. The summed E-state index contributed by atoms with van der Waals surface area (Å²) in [6.07, 6.45) is 0.811. The van der Waals surface area contributed by atoms with Crippen LogP contribution in [0.2, 0.25) is 0 Å². The topological polar surface area (TPSA) is 42.4 Å². The number of likely N-dealkylation sites (tertiary alicyclic amines) is 1. The average molecular weight is 444 g/mol. The fraction of sp³-hybridized carbons (Fsp3) is 0.200. The van der Waals surface area contributed by atoms with E-state index in [1.807, 2.05) is 65.6 Å². The SMILES string of the molecule is O=C(c1ccc(I)cc1)N1CCC(Oc2ccc3ccccc3n2)C1. The Morgan fingerprint density at radius 2 is 1.88 bits per heavy atom. The molecule has 1 aromatic heterocycles. The van der Waals surface area contributed by atoms with Gasteiger partial charge in [-0.2, -0.15) is 0 Å². The van der Waals surface area contributed by atoms with Crippen molar-refractivity contribution in [3.05, 3.63) is 69.8 Å². The first-order chi connectivity index (χ1) is 12.2. The highest BCUT2D eigenvalue weighted by Crippen LogP contribution is 2.21. The highest BCUT2D eigenvalue weighted by Gasteiger charge is 2.28. The van der Waals surface area contributed by atoms with Crippen LogP contribution < -0.4 is 4.74 Å². The van der Waals surface area contributed by atoms with Crippen LogP contribution in [0.15, 0.2) is 60.7 Å². The number of nitrogens with zero attached hydrogens (tertiary/aromatic N) is 2. The third-order valence-corrected chi connectivity index (χ3v) is 5.10. The summed E-state index contributed by atoms with van der Waals surface area (Å²) >= 11 is 2.24. The van der Waals surface area contributed by atoms with Gasteiger partial charge in [0.2, 0.25) is 5.88 Å². The summed E-state index contributed by atoms with van der Waals surface area (Å²) in [4.78, 5) is 19.0. The van der Waals surface area contributed by atoms with E-state index in [1.54, 1.807) is 0 Å². The number of amides is 1. The number of hydrogen-bond donors (Lipinski definition) is 0. The maximum atomic E-state index is 12.6. The third kappa shape index (κ3) is 3.61. The first kappa shape index (κ1) is 16.3. The van der Waals surface area contributed by atoms with Crippen LogP contribution in [0.5, 0.6) is 5.88 Å². The lowest BCUT2D eigenvalue weighted by atomic mass is 10.2. The van der Waals surface area contributed by atoms with Crippen molar-refractivity contribution < 1.29 is 9.53 Å². The predicted octanol–water partition coefficient (Wildman–Crippen LogP) is 4.13. The Morgan fingerprint density at radius 1 is 1.08 bits per heavy atom. The molecule has 1 aliphatic heterocycles. The van der Waals surface area contributed by atoms with E-state index in [-0.39, 0.29) is 12.0 Å². The molecule has 1 unspecified atom stereocenters. The lowest BCUT2D eigenvalue weighted by Gasteiger charge is -2.17. The molecular weight excluding hydrogens is 427 g/mol. The van der Waals surface area contributed by atoms with E-state index >= 15 is 0 Å². The maximum Gasteiger partial charge on any atom is 0.253 e. The van der Waals surface area contributed by atoms with Gasteiger partial charge in [0.15, 0.2) is 0 Å². The molecule has 0 bridgehead atoms. The maximum absolute atomic E-state index is 12.6. The van der Waals surface area contributed by atoms with E-state index in [2.05, 4.69) is 27.6 Å². The van der Waals surface area contributed by atoms with Crippen LogP contribution in [-0.2, 0) is 0 Å². The van der Waals surface area contributed by atoms with Crippen molar-refractivity contribution in [1.82, 2.24) is 9.88 Å². The number of rotatable bonds is 3. The quantitative estimate of drug-likeness (QED) is 0.571. The molecule has 0 radical (unpaired) electrons. The van der Waals surface area contributed by atoms with Gasteiger partial charge in [0.25, 0.3) is 5.91 Å². The Kier molecular flexibility index (Phi) is 4.57. The van der Waals surface area contributed by atoms with Crippen LogP contribution in [0.1, 0.15) is 16.8 Å². The van der Waals surface area contributed by atoms with E-state index in [4.69, 9.17) is 4.74 Å². The molecule has 3 aromatic rings. The molecule has 2 heterocycles. The van der Waals surface area contributed by atoms with Crippen LogP contribution in [-0.4, -0.2) is 35.0 Å². The summed E-state index contributed by atoms with van der Waals surface area (Å²) in [7, 11) is 0. The van der Waals surface area contributed by atoms with Crippen molar-refractivity contribution in [2.75, 3.05) is 13.1 Å². The molecule has 1 atom stereocenters. The highest BCUT2D eigenvalue weighted by atomic mass is 127. The number of fused-ring (bicyclic) bond motifs is 1. The number of hydrogen-bond acceptors (Lipinski definition) is 3. The number of carbonyl (C=O) groups excluding carboxylic acids is 1. The summed E-state index contributed by atoms with van der Waals surface area (Å²) in [6, 6.07) is 19.5. The number of para-hydroxylation sites is 1. The minimum absolute atomic E-state index is 0.0125. The first-order valence-corrected chi connectivity index (χ1v) is 9.34. The van der Waals surface area contributed by atoms with Gasteiger partial charge in [0.05, 0.1) is 12.1 Å². The van der Waals surface area contributed by atoms with Gasteiger partial charge >= 0.3 is 0 Å². The Bertz CT molecular complexity index is 911. The van der Waals surface area contributed by atoms with E-state index < -0.39 is 0 Å². The predicted molar refractivity (Wildman–Crippen MR) is 106 cm³/mol. The average Bonchev–Trinajstić information content (AvgIpc) is 3.10. The zero-order valence-corrected chi connectivity index (χ0v) is 15.7. The van der Waals surface area contributed by atoms with Gasteiger partial charge in [-0.05, 0) is 59.0 Å². The van der Waals surface area contributed by atoms with Crippen LogP contribution in [0, 0.1) is 3.57 Å². The molecule has 1 saturated heterocycles. The molecule has 1 fully saturated rings. The molecule has 126 valence electrons. The smallest absolute Gasteiger partial charge is 0.253 e. The molecule has 25 heavy (non-hydrogen) atoms. The van der Waals surface area contributed by atoms with E-state index in [1.165, 1.54) is 0 Å². The minimum atomic E-state index is -0.0125. The monoisotopic (exact) mass is 444 g/mol. The van der Waals surface area contributed by atoms with Crippen molar-refractivity contribution in [3.8, 4) is 5.88 Å². The molecule has 4 rings (SSSR count). The summed E-state index contributed by atoms with van der Waals surface area (Å²) < 4.78 is 7.14. The number of ether oxygens (including phenoxy) is 1. The molecule has 0 saturated carbocycles. The molecule has 0 aliphatic carbocycles. The Hall–Kier alpha value is -2.15. The second-order valence-electron chi connectivity index (χ2n) is 6.13. The number of carbonyl (C=O) groups is 1. The van der Waals surface area contributed by atoms with Crippen LogP contribution >= 0.6 is 22.6 Å². The molecule has 2 aromatic carbocycles. The number of pyridine rings is 1. The van der Waals surface area contributed by atoms with Gasteiger partial charge in [-0.15, -0.1) is 0 Å². The number of benzene rings is 2. The summed E-state index contributed by atoms with van der Waals surface area (Å²) in [6.45, 7) is 1.31. The van der Waals surface area contributed by atoms with Gasteiger partial charge < -0.3 is 9.64 Å². The van der Waals surface area contributed by atoms with Gasteiger partial charge in [0.1, 0.15) is 6.10 Å². The lowest BCUT2D eigenvalue weighted by molar-refractivity contribution is 0.0771. The second kappa shape index (κ2) is 7.00. The van der Waals surface area contributed by atoms with Crippen molar-refractivity contribution in [1.29, 1.82) is 0 Å². The van der Waals surface area contributed by atoms with Crippen molar-refractivity contribution >= 4 is 39.4 Å². The molecule has 4 nitrogen and oxygen atoms in total.